The largest absolute Gasteiger partial charge is 0.398 e. The van der Waals surface area contributed by atoms with Crippen LogP contribution in [0.3, 0.4) is 0 Å². The van der Waals surface area contributed by atoms with Crippen LogP contribution in [0.2, 0.25) is 0 Å². The molecule has 0 radical (unpaired) electrons. The van der Waals surface area contributed by atoms with E-state index >= 15 is 0 Å². The van der Waals surface area contributed by atoms with E-state index in [1.54, 1.807) is 13.0 Å². The van der Waals surface area contributed by atoms with E-state index in [4.69, 9.17) is 5.73 Å². The fourth-order valence-corrected chi connectivity index (χ4v) is 3.27. The minimum atomic E-state index is -3.73. The fourth-order valence-electron chi connectivity index (χ4n) is 1.36. The Labute approximate surface area is 107 Å². The smallest absolute Gasteiger partial charge is 0.240 e. The van der Waals surface area contributed by atoms with Gasteiger partial charge in [-0.05, 0) is 24.6 Å². The summed E-state index contributed by atoms with van der Waals surface area (Å²) in [4.78, 5) is 0.0657. The number of benzene rings is 1. The van der Waals surface area contributed by atoms with E-state index in [0.29, 0.717) is 11.3 Å². The number of hydrogen-bond acceptors (Lipinski definition) is 5. The number of anilines is 1. The van der Waals surface area contributed by atoms with E-state index in [0.717, 1.165) is 6.26 Å². The predicted octanol–water partition coefficient (Wildman–Crippen LogP) is -0.0999. The van der Waals surface area contributed by atoms with Gasteiger partial charge in [0.25, 0.3) is 0 Å². The van der Waals surface area contributed by atoms with Crippen molar-refractivity contribution in [1.82, 2.24) is 4.72 Å². The third-order valence-electron chi connectivity index (χ3n) is 2.38. The highest BCUT2D eigenvalue weighted by molar-refractivity contribution is 7.91. The lowest BCUT2D eigenvalue weighted by molar-refractivity contribution is 0.581. The molecule has 1 aromatic carbocycles. The standard InChI is InChI=1S/C10H16N2O4S2/c1-8-9(11)4-3-5-10(8)18(15,16)12-6-7-17(2,13)14/h3-5,12H,6-7,11H2,1-2H3. The van der Waals surface area contributed by atoms with Crippen molar-refractivity contribution in [3.05, 3.63) is 23.8 Å². The minimum Gasteiger partial charge on any atom is -0.398 e. The second kappa shape index (κ2) is 5.25. The van der Waals surface area contributed by atoms with E-state index < -0.39 is 19.9 Å². The molecule has 0 amide bonds. The first kappa shape index (κ1) is 14.9. The monoisotopic (exact) mass is 292 g/mol. The Morgan fingerprint density at radius 3 is 2.39 bits per heavy atom. The van der Waals surface area contributed by atoms with Gasteiger partial charge in [-0.25, -0.2) is 21.6 Å². The predicted molar refractivity (Wildman–Crippen MR) is 70.5 cm³/mol. The molecule has 0 fully saturated rings. The van der Waals surface area contributed by atoms with Crippen LogP contribution in [0.25, 0.3) is 0 Å². The molecule has 0 aliphatic heterocycles. The molecule has 0 unspecified atom stereocenters. The van der Waals surface area contributed by atoms with Crippen LogP contribution in [0.5, 0.6) is 0 Å². The molecule has 102 valence electrons. The van der Waals surface area contributed by atoms with Crippen LogP contribution in [0.4, 0.5) is 5.69 Å². The average Bonchev–Trinajstić information content (AvgIpc) is 2.19. The lowest BCUT2D eigenvalue weighted by Crippen LogP contribution is -2.29. The van der Waals surface area contributed by atoms with E-state index in [9.17, 15) is 16.8 Å². The van der Waals surface area contributed by atoms with Crippen molar-refractivity contribution in [2.75, 3.05) is 24.3 Å². The van der Waals surface area contributed by atoms with E-state index in [-0.39, 0.29) is 17.2 Å². The van der Waals surface area contributed by atoms with Crippen molar-refractivity contribution in [3.8, 4) is 0 Å². The number of rotatable bonds is 5. The zero-order valence-corrected chi connectivity index (χ0v) is 11.8. The van der Waals surface area contributed by atoms with Crippen LogP contribution in [0.15, 0.2) is 23.1 Å². The Kier molecular flexibility index (Phi) is 4.36. The van der Waals surface area contributed by atoms with Crippen LogP contribution in [0.1, 0.15) is 5.56 Å². The minimum absolute atomic E-state index is 0.0657. The van der Waals surface area contributed by atoms with Crippen LogP contribution >= 0.6 is 0 Å². The number of sulfonamides is 1. The summed E-state index contributed by atoms with van der Waals surface area (Å²) >= 11 is 0. The van der Waals surface area contributed by atoms with Crippen molar-refractivity contribution < 1.29 is 16.8 Å². The van der Waals surface area contributed by atoms with Crippen LogP contribution < -0.4 is 10.5 Å². The van der Waals surface area contributed by atoms with Crippen molar-refractivity contribution in [2.24, 2.45) is 0 Å². The number of nitrogens with one attached hydrogen (secondary N) is 1. The topological polar surface area (TPSA) is 106 Å². The molecule has 0 bridgehead atoms. The number of nitrogen functional groups attached to an aromatic ring is 1. The zero-order chi connectivity index (χ0) is 14.0. The maximum Gasteiger partial charge on any atom is 0.240 e. The summed E-state index contributed by atoms with van der Waals surface area (Å²) in [5.41, 5.74) is 6.45. The molecular formula is C10H16N2O4S2. The molecule has 8 heteroatoms. The van der Waals surface area contributed by atoms with Crippen LogP contribution in [0, 0.1) is 6.92 Å². The number of nitrogens with two attached hydrogens (primary N) is 1. The molecule has 0 heterocycles. The van der Waals surface area contributed by atoms with Gasteiger partial charge in [0.15, 0.2) is 0 Å². The Balaban J connectivity index is 2.91. The quantitative estimate of drug-likeness (QED) is 0.737. The summed E-state index contributed by atoms with van der Waals surface area (Å²) < 4.78 is 47.9. The summed E-state index contributed by atoms with van der Waals surface area (Å²) in [5.74, 6) is -0.242. The summed E-state index contributed by atoms with van der Waals surface area (Å²) in [6.07, 6.45) is 1.05. The van der Waals surface area contributed by atoms with Crippen LogP contribution in [-0.4, -0.2) is 35.4 Å². The van der Waals surface area contributed by atoms with E-state index in [1.807, 2.05) is 0 Å². The Morgan fingerprint density at radius 1 is 1.22 bits per heavy atom. The SMILES string of the molecule is Cc1c(N)cccc1S(=O)(=O)NCCS(C)(=O)=O. The highest BCUT2D eigenvalue weighted by Crippen LogP contribution is 2.19. The van der Waals surface area contributed by atoms with Gasteiger partial charge < -0.3 is 5.73 Å². The Bertz CT molecular complexity index is 636. The molecule has 1 aromatic rings. The van der Waals surface area contributed by atoms with Gasteiger partial charge in [-0.2, -0.15) is 0 Å². The van der Waals surface area contributed by atoms with Gasteiger partial charge in [-0.3, -0.25) is 0 Å². The Morgan fingerprint density at radius 2 is 1.83 bits per heavy atom. The first-order chi connectivity index (χ1) is 8.13. The molecule has 0 saturated heterocycles. The summed E-state index contributed by atoms with van der Waals surface area (Å²) in [5, 5.41) is 0. The summed E-state index contributed by atoms with van der Waals surface area (Å²) in [6, 6.07) is 4.56. The van der Waals surface area contributed by atoms with Gasteiger partial charge in [0, 0.05) is 18.5 Å². The van der Waals surface area contributed by atoms with Gasteiger partial charge in [-0.1, -0.05) is 6.07 Å². The molecule has 0 aliphatic carbocycles. The van der Waals surface area contributed by atoms with Gasteiger partial charge in [0.1, 0.15) is 9.84 Å². The molecule has 3 N–H and O–H groups in total. The van der Waals surface area contributed by atoms with E-state index in [1.165, 1.54) is 12.1 Å². The molecule has 0 aromatic heterocycles. The zero-order valence-electron chi connectivity index (χ0n) is 10.2. The molecule has 0 saturated carbocycles. The molecule has 18 heavy (non-hydrogen) atoms. The molecule has 0 aliphatic rings. The van der Waals surface area contributed by atoms with Crippen molar-refractivity contribution >= 4 is 25.5 Å². The van der Waals surface area contributed by atoms with Crippen LogP contribution in [-0.2, 0) is 19.9 Å². The second-order valence-electron chi connectivity index (χ2n) is 4.00. The lowest BCUT2D eigenvalue weighted by atomic mass is 10.2. The lowest BCUT2D eigenvalue weighted by Gasteiger charge is -2.10. The maximum absolute atomic E-state index is 11.9. The maximum atomic E-state index is 11.9. The molecular weight excluding hydrogens is 276 g/mol. The third kappa shape index (κ3) is 3.97. The van der Waals surface area contributed by atoms with E-state index in [2.05, 4.69) is 4.72 Å². The molecule has 0 atom stereocenters. The number of sulfone groups is 1. The highest BCUT2D eigenvalue weighted by Gasteiger charge is 2.17. The first-order valence-electron chi connectivity index (χ1n) is 5.16. The Hall–Kier alpha value is -1.12. The summed E-state index contributed by atoms with van der Waals surface area (Å²) in [7, 11) is -6.93. The van der Waals surface area contributed by atoms with Gasteiger partial charge in [-0.15, -0.1) is 0 Å². The third-order valence-corrected chi connectivity index (χ3v) is 4.93. The molecule has 1 rings (SSSR count). The molecule has 0 spiro atoms. The van der Waals surface area contributed by atoms with Gasteiger partial charge in [0.2, 0.25) is 10.0 Å². The van der Waals surface area contributed by atoms with Crippen molar-refractivity contribution in [3.63, 3.8) is 0 Å². The highest BCUT2D eigenvalue weighted by atomic mass is 32.2. The van der Waals surface area contributed by atoms with Crippen molar-refractivity contribution in [2.45, 2.75) is 11.8 Å². The fraction of sp³-hybridized carbons (Fsp3) is 0.400. The number of hydrogen-bond donors (Lipinski definition) is 2. The summed E-state index contributed by atoms with van der Waals surface area (Å²) in [6.45, 7) is 1.44. The normalized spacial score (nSPS) is 12.6. The van der Waals surface area contributed by atoms with Gasteiger partial charge >= 0.3 is 0 Å². The van der Waals surface area contributed by atoms with Crippen molar-refractivity contribution in [1.29, 1.82) is 0 Å². The van der Waals surface area contributed by atoms with Gasteiger partial charge in [0.05, 0.1) is 10.6 Å². The first-order valence-corrected chi connectivity index (χ1v) is 8.70. The second-order valence-corrected chi connectivity index (χ2v) is 7.99. The average molecular weight is 292 g/mol. The molecule has 6 nitrogen and oxygen atoms in total.